The average Bonchev–Trinajstić information content (AvgIpc) is 2.28. The normalized spacial score (nSPS) is 11.6. The molecule has 2 N–H and O–H groups in total. The Morgan fingerprint density at radius 1 is 1.11 bits per heavy atom. The van der Waals surface area contributed by atoms with Crippen LogP contribution in [0.3, 0.4) is 0 Å². The third-order valence-corrected chi connectivity index (χ3v) is 3.69. The Hall–Kier alpha value is -1.79. The van der Waals surface area contributed by atoms with E-state index in [0.717, 1.165) is 6.07 Å². The lowest BCUT2D eigenvalue weighted by Crippen LogP contribution is -2.14. The van der Waals surface area contributed by atoms with Gasteiger partial charge in [0.2, 0.25) is 10.0 Å². The fraction of sp³-hybridized carbons (Fsp3) is 0.0769. The van der Waals surface area contributed by atoms with E-state index in [1.165, 1.54) is 18.2 Å². The topological polar surface area (TPSA) is 60.2 Å². The SMILES string of the molecule is Cc1cccc(S(N)(=O)=O)c1-c1ccc(F)cc1F. The first-order chi connectivity index (χ1) is 8.80. The molecule has 2 aromatic carbocycles. The van der Waals surface area contributed by atoms with Crippen LogP contribution < -0.4 is 5.14 Å². The van der Waals surface area contributed by atoms with Crippen molar-refractivity contribution in [2.24, 2.45) is 5.14 Å². The Kier molecular flexibility index (Phi) is 3.38. The first-order valence-corrected chi connectivity index (χ1v) is 6.93. The second-order valence-electron chi connectivity index (χ2n) is 4.12. The van der Waals surface area contributed by atoms with Crippen LogP contribution in [0.15, 0.2) is 41.3 Å². The Balaban J connectivity index is 2.82. The number of nitrogens with two attached hydrogens (primary N) is 1. The summed E-state index contributed by atoms with van der Waals surface area (Å²) in [5.41, 5.74) is 0.697. The molecule has 0 fully saturated rings. The van der Waals surface area contributed by atoms with E-state index in [0.29, 0.717) is 11.6 Å². The predicted octanol–water partition coefficient (Wildman–Crippen LogP) is 2.59. The van der Waals surface area contributed by atoms with Crippen molar-refractivity contribution >= 4 is 10.0 Å². The number of benzene rings is 2. The number of rotatable bonds is 2. The summed E-state index contributed by atoms with van der Waals surface area (Å²) in [7, 11) is -3.99. The molecule has 0 saturated carbocycles. The van der Waals surface area contributed by atoms with Gasteiger partial charge in [-0.05, 0) is 30.7 Å². The lowest BCUT2D eigenvalue weighted by Gasteiger charge is -2.12. The predicted molar refractivity (Wildman–Crippen MR) is 67.9 cm³/mol. The van der Waals surface area contributed by atoms with Crippen molar-refractivity contribution < 1.29 is 17.2 Å². The quantitative estimate of drug-likeness (QED) is 0.921. The molecule has 0 aliphatic rings. The van der Waals surface area contributed by atoms with Crippen LogP contribution in [0.5, 0.6) is 0 Å². The van der Waals surface area contributed by atoms with Crippen LogP contribution in [-0.4, -0.2) is 8.42 Å². The second kappa shape index (κ2) is 4.71. The molecule has 0 radical (unpaired) electrons. The number of primary sulfonamides is 1. The average molecular weight is 283 g/mol. The summed E-state index contributed by atoms with van der Waals surface area (Å²) in [6.07, 6.45) is 0. The molecule has 0 unspecified atom stereocenters. The Morgan fingerprint density at radius 3 is 2.37 bits per heavy atom. The summed E-state index contributed by atoms with van der Waals surface area (Å²) in [4.78, 5) is -0.182. The van der Waals surface area contributed by atoms with Crippen molar-refractivity contribution in [1.29, 1.82) is 0 Å². The van der Waals surface area contributed by atoms with Gasteiger partial charge in [0.15, 0.2) is 0 Å². The van der Waals surface area contributed by atoms with Crippen LogP contribution in [0.25, 0.3) is 11.1 Å². The summed E-state index contributed by atoms with van der Waals surface area (Å²) in [6, 6.07) is 7.40. The second-order valence-corrected chi connectivity index (χ2v) is 5.65. The zero-order valence-corrected chi connectivity index (χ0v) is 10.8. The van der Waals surface area contributed by atoms with Gasteiger partial charge in [-0.3, -0.25) is 0 Å². The number of halogens is 2. The maximum absolute atomic E-state index is 13.8. The van der Waals surface area contributed by atoms with Gasteiger partial charge in [0.25, 0.3) is 0 Å². The third kappa shape index (κ3) is 2.64. The highest BCUT2D eigenvalue weighted by atomic mass is 32.2. The van der Waals surface area contributed by atoms with E-state index >= 15 is 0 Å². The maximum atomic E-state index is 13.8. The van der Waals surface area contributed by atoms with Crippen LogP contribution in [0.1, 0.15) is 5.56 Å². The molecule has 2 aromatic rings. The van der Waals surface area contributed by atoms with Crippen LogP contribution in [0.4, 0.5) is 8.78 Å². The molecule has 0 heterocycles. The Morgan fingerprint density at radius 2 is 1.79 bits per heavy atom. The van der Waals surface area contributed by atoms with Crippen LogP contribution in [-0.2, 0) is 10.0 Å². The standard InChI is InChI=1S/C13H11F2NO2S/c1-8-3-2-4-12(19(16,17)18)13(8)10-6-5-9(14)7-11(10)15/h2-7H,1H3,(H2,16,17,18). The smallest absolute Gasteiger partial charge is 0.225 e. The highest BCUT2D eigenvalue weighted by Crippen LogP contribution is 2.32. The van der Waals surface area contributed by atoms with E-state index in [1.807, 2.05) is 0 Å². The van der Waals surface area contributed by atoms with Crippen LogP contribution in [0, 0.1) is 18.6 Å². The monoisotopic (exact) mass is 283 g/mol. The molecule has 0 aliphatic heterocycles. The molecule has 2 rings (SSSR count). The third-order valence-electron chi connectivity index (χ3n) is 2.74. The molecule has 0 atom stereocenters. The zero-order valence-electron chi connectivity index (χ0n) is 10.0. The van der Waals surface area contributed by atoms with Crippen LogP contribution >= 0.6 is 0 Å². The highest BCUT2D eigenvalue weighted by molar-refractivity contribution is 7.89. The van der Waals surface area contributed by atoms with Crippen molar-refractivity contribution in [2.45, 2.75) is 11.8 Å². The molecule has 0 bridgehead atoms. The molecule has 0 aromatic heterocycles. The molecule has 0 saturated heterocycles. The van der Waals surface area contributed by atoms with Gasteiger partial charge in [0.05, 0.1) is 4.90 Å². The molecule has 19 heavy (non-hydrogen) atoms. The number of sulfonamides is 1. The van der Waals surface area contributed by atoms with Crippen molar-refractivity contribution in [1.82, 2.24) is 0 Å². The van der Waals surface area contributed by atoms with Gasteiger partial charge in [-0.25, -0.2) is 22.3 Å². The number of hydrogen-bond acceptors (Lipinski definition) is 2. The van der Waals surface area contributed by atoms with Gasteiger partial charge in [0.1, 0.15) is 11.6 Å². The highest BCUT2D eigenvalue weighted by Gasteiger charge is 2.19. The van der Waals surface area contributed by atoms with Gasteiger partial charge >= 0.3 is 0 Å². The van der Waals surface area contributed by atoms with E-state index in [2.05, 4.69) is 0 Å². The van der Waals surface area contributed by atoms with Crippen molar-refractivity contribution in [3.8, 4) is 11.1 Å². The lowest BCUT2D eigenvalue weighted by molar-refractivity contribution is 0.585. The Bertz CT molecular complexity index is 742. The summed E-state index contributed by atoms with van der Waals surface area (Å²) in [5, 5.41) is 5.12. The number of aryl methyl sites for hydroxylation is 1. The van der Waals surface area contributed by atoms with E-state index in [4.69, 9.17) is 5.14 Å². The summed E-state index contributed by atoms with van der Waals surface area (Å²) in [6.45, 7) is 1.63. The van der Waals surface area contributed by atoms with Gasteiger partial charge in [-0.1, -0.05) is 12.1 Å². The largest absolute Gasteiger partial charge is 0.238 e. The fourth-order valence-electron chi connectivity index (χ4n) is 1.92. The van der Waals surface area contributed by atoms with Crippen molar-refractivity contribution in [3.05, 3.63) is 53.6 Å². The first kappa shape index (κ1) is 13.6. The van der Waals surface area contributed by atoms with Gasteiger partial charge in [0, 0.05) is 17.2 Å². The fourth-order valence-corrected chi connectivity index (χ4v) is 2.74. The molecule has 0 amide bonds. The zero-order chi connectivity index (χ0) is 14.2. The van der Waals surface area contributed by atoms with E-state index in [9.17, 15) is 17.2 Å². The summed E-state index contributed by atoms with van der Waals surface area (Å²) in [5.74, 6) is -1.56. The van der Waals surface area contributed by atoms with E-state index < -0.39 is 21.7 Å². The Labute approximate surface area is 109 Å². The molecule has 0 aliphatic carbocycles. The summed E-state index contributed by atoms with van der Waals surface area (Å²) < 4.78 is 49.8. The lowest BCUT2D eigenvalue weighted by atomic mass is 10.00. The van der Waals surface area contributed by atoms with Gasteiger partial charge in [-0.15, -0.1) is 0 Å². The van der Waals surface area contributed by atoms with Crippen LogP contribution in [0.2, 0.25) is 0 Å². The molecule has 6 heteroatoms. The maximum Gasteiger partial charge on any atom is 0.238 e. The van der Waals surface area contributed by atoms with Crippen molar-refractivity contribution in [2.75, 3.05) is 0 Å². The first-order valence-electron chi connectivity index (χ1n) is 5.38. The van der Waals surface area contributed by atoms with Gasteiger partial charge < -0.3 is 0 Å². The summed E-state index contributed by atoms with van der Waals surface area (Å²) >= 11 is 0. The minimum Gasteiger partial charge on any atom is -0.225 e. The van der Waals surface area contributed by atoms with E-state index in [-0.39, 0.29) is 16.0 Å². The van der Waals surface area contributed by atoms with E-state index in [1.54, 1.807) is 13.0 Å². The molecular formula is C13H11F2NO2S. The van der Waals surface area contributed by atoms with Crippen molar-refractivity contribution in [3.63, 3.8) is 0 Å². The molecule has 0 spiro atoms. The molecular weight excluding hydrogens is 272 g/mol. The molecule has 3 nitrogen and oxygen atoms in total. The minimum atomic E-state index is -3.99. The molecule has 100 valence electrons. The van der Waals surface area contributed by atoms with Gasteiger partial charge in [-0.2, -0.15) is 0 Å². The minimum absolute atomic E-state index is 0.00326. The number of hydrogen-bond donors (Lipinski definition) is 1.